The largest absolute Gasteiger partial charge is 0.490 e. The molecular weight excluding hydrogens is 316 g/mol. The average Bonchev–Trinajstić information content (AvgIpc) is 2.42. The van der Waals surface area contributed by atoms with Gasteiger partial charge in [-0.05, 0) is 18.2 Å². The van der Waals surface area contributed by atoms with Crippen LogP contribution >= 0.6 is 15.9 Å². The number of hydrogen-bond donors (Lipinski definition) is 2. The molecule has 0 saturated heterocycles. The highest BCUT2D eigenvalue weighted by Gasteiger charge is 2.09. The number of benzene rings is 1. The lowest BCUT2D eigenvalue weighted by Crippen LogP contribution is -2.16. The van der Waals surface area contributed by atoms with Crippen LogP contribution in [0.4, 0.5) is 0 Å². The van der Waals surface area contributed by atoms with Gasteiger partial charge in [-0.15, -0.1) is 0 Å². The molecule has 0 aliphatic carbocycles. The number of halogens is 1. The van der Waals surface area contributed by atoms with E-state index in [-0.39, 0.29) is 5.84 Å². The molecule has 3 N–H and O–H groups in total. The Labute approximate surface area is 120 Å². The standard InChI is InChI=1S/C12H17BrN2O4/c1-17-4-5-18-6-7-19-11-8-9(13)2-3-10(11)12(14)15-16/h2-3,8,16H,4-7H2,1H3,(H2,14,15). The maximum Gasteiger partial charge on any atom is 0.173 e. The maximum atomic E-state index is 8.71. The summed E-state index contributed by atoms with van der Waals surface area (Å²) >= 11 is 3.34. The fraction of sp³-hybridized carbons (Fsp3) is 0.417. The molecule has 1 rings (SSSR count). The lowest BCUT2D eigenvalue weighted by Gasteiger charge is -2.11. The molecule has 0 bridgehead atoms. The van der Waals surface area contributed by atoms with E-state index < -0.39 is 0 Å². The van der Waals surface area contributed by atoms with Crippen molar-refractivity contribution in [3.05, 3.63) is 28.2 Å². The van der Waals surface area contributed by atoms with Gasteiger partial charge in [-0.2, -0.15) is 0 Å². The van der Waals surface area contributed by atoms with Crippen LogP contribution in [-0.4, -0.2) is 44.6 Å². The van der Waals surface area contributed by atoms with Crippen LogP contribution in [-0.2, 0) is 9.47 Å². The van der Waals surface area contributed by atoms with Crippen LogP contribution in [0.3, 0.4) is 0 Å². The number of rotatable bonds is 8. The minimum atomic E-state index is 0.00259. The van der Waals surface area contributed by atoms with E-state index in [9.17, 15) is 0 Å². The first kappa shape index (κ1) is 15.7. The Balaban J connectivity index is 2.54. The van der Waals surface area contributed by atoms with Gasteiger partial charge in [-0.1, -0.05) is 21.1 Å². The van der Waals surface area contributed by atoms with E-state index in [4.69, 9.17) is 25.2 Å². The van der Waals surface area contributed by atoms with Gasteiger partial charge in [0.05, 0.1) is 25.4 Å². The van der Waals surface area contributed by atoms with Gasteiger partial charge in [0.2, 0.25) is 0 Å². The maximum absolute atomic E-state index is 8.71. The van der Waals surface area contributed by atoms with Crippen molar-refractivity contribution in [3.8, 4) is 5.75 Å². The Morgan fingerprint density at radius 2 is 2.05 bits per heavy atom. The van der Waals surface area contributed by atoms with Crippen molar-refractivity contribution in [2.24, 2.45) is 10.9 Å². The van der Waals surface area contributed by atoms with Crippen molar-refractivity contribution in [1.29, 1.82) is 0 Å². The van der Waals surface area contributed by atoms with Crippen molar-refractivity contribution in [1.82, 2.24) is 0 Å². The molecule has 0 aliphatic heterocycles. The van der Waals surface area contributed by atoms with Gasteiger partial charge < -0.3 is 25.2 Å². The van der Waals surface area contributed by atoms with E-state index in [1.807, 2.05) is 0 Å². The number of amidine groups is 1. The van der Waals surface area contributed by atoms with Crippen LogP contribution in [0.15, 0.2) is 27.8 Å². The van der Waals surface area contributed by atoms with E-state index in [1.54, 1.807) is 25.3 Å². The Morgan fingerprint density at radius 3 is 2.74 bits per heavy atom. The van der Waals surface area contributed by atoms with Crippen molar-refractivity contribution >= 4 is 21.8 Å². The molecule has 19 heavy (non-hydrogen) atoms. The molecule has 0 heterocycles. The second kappa shape index (κ2) is 8.73. The van der Waals surface area contributed by atoms with Crippen LogP contribution < -0.4 is 10.5 Å². The fourth-order valence-corrected chi connectivity index (χ4v) is 1.68. The summed E-state index contributed by atoms with van der Waals surface area (Å²) < 4.78 is 16.5. The molecule has 0 radical (unpaired) electrons. The smallest absolute Gasteiger partial charge is 0.173 e. The SMILES string of the molecule is COCCOCCOc1cc(Br)ccc1/C(N)=N/O. The average molecular weight is 333 g/mol. The predicted octanol–water partition coefficient (Wildman–Crippen LogP) is 1.59. The van der Waals surface area contributed by atoms with Crippen molar-refractivity contribution in [2.45, 2.75) is 0 Å². The lowest BCUT2D eigenvalue weighted by molar-refractivity contribution is 0.0544. The topological polar surface area (TPSA) is 86.3 Å². The third-order valence-electron chi connectivity index (χ3n) is 2.24. The zero-order valence-corrected chi connectivity index (χ0v) is 12.2. The van der Waals surface area contributed by atoms with E-state index >= 15 is 0 Å². The summed E-state index contributed by atoms with van der Waals surface area (Å²) in [6.45, 7) is 1.87. The zero-order chi connectivity index (χ0) is 14.1. The number of nitrogens with two attached hydrogens (primary N) is 1. The molecule has 0 saturated carbocycles. The van der Waals surface area contributed by atoms with Gasteiger partial charge >= 0.3 is 0 Å². The van der Waals surface area contributed by atoms with Crippen LogP contribution in [0.1, 0.15) is 5.56 Å². The second-order valence-electron chi connectivity index (χ2n) is 3.58. The van der Waals surface area contributed by atoms with E-state index in [0.29, 0.717) is 37.7 Å². The van der Waals surface area contributed by atoms with E-state index in [0.717, 1.165) is 4.47 Å². The second-order valence-corrected chi connectivity index (χ2v) is 4.50. The Kier molecular flexibility index (Phi) is 7.24. The molecule has 1 aromatic rings. The normalized spacial score (nSPS) is 11.6. The van der Waals surface area contributed by atoms with Gasteiger partial charge in [-0.25, -0.2) is 0 Å². The summed E-state index contributed by atoms with van der Waals surface area (Å²) in [6, 6.07) is 5.25. The Bertz CT molecular complexity index is 426. The summed E-state index contributed by atoms with van der Waals surface area (Å²) in [6.07, 6.45) is 0. The third-order valence-corrected chi connectivity index (χ3v) is 2.74. The molecule has 0 aliphatic rings. The van der Waals surface area contributed by atoms with Crippen LogP contribution in [0.5, 0.6) is 5.75 Å². The van der Waals surface area contributed by atoms with Crippen LogP contribution in [0.25, 0.3) is 0 Å². The van der Waals surface area contributed by atoms with Crippen molar-refractivity contribution in [3.63, 3.8) is 0 Å². The zero-order valence-electron chi connectivity index (χ0n) is 10.6. The first-order valence-electron chi connectivity index (χ1n) is 5.66. The van der Waals surface area contributed by atoms with Gasteiger partial charge in [-0.3, -0.25) is 0 Å². The minimum Gasteiger partial charge on any atom is -0.490 e. The number of oxime groups is 1. The Hall–Kier alpha value is -1.31. The van der Waals surface area contributed by atoms with Crippen molar-refractivity contribution < 1.29 is 19.4 Å². The summed E-state index contributed by atoms with van der Waals surface area (Å²) in [5.74, 6) is 0.530. The summed E-state index contributed by atoms with van der Waals surface area (Å²) in [5, 5.41) is 11.7. The number of hydrogen-bond acceptors (Lipinski definition) is 5. The van der Waals surface area contributed by atoms with E-state index in [1.165, 1.54) is 0 Å². The fourth-order valence-electron chi connectivity index (χ4n) is 1.34. The first-order chi connectivity index (χ1) is 9.19. The monoisotopic (exact) mass is 332 g/mol. The predicted molar refractivity (Wildman–Crippen MR) is 74.8 cm³/mol. The highest BCUT2D eigenvalue weighted by atomic mass is 79.9. The quantitative estimate of drug-likeness (QED) is 0.248. The molecule has 0 spiro atoms. The molecule has 0 unspecified atom stereocenters. The molecule has 7 heteroatoms. The van der Waals surface area contributed by atoms with Crippen LogP contribution in [0, 0.1) is 0 Å². The molecule has 1 aromatic carbocycles. The molecule has 6 nitrogen and oxygen atoms in total. The molecular formula is C12H17BrN2O4. The minimum absolute atomic E-state index is 0.00259. The summed E-state index contributed by atoms with van der Waals surface area (Å²) in [5.41, 5.74) is 6.10. The highest BCUT2D eigenvalue weighted by Crippen LogP contribution is 2.23. The molecule has 0 fully saturated rings. The Morgan fingerprint density at radius 1 is 1.32 bits per heavy atom. The molecule has 0 aromatic heterocycles. The number of nitrogens with zero attached hydrogens (tertiary/aromatic N) is 1. The molecule has 106 valence electrons. The van der Waals surface area contributed by atoms with Gasteiger partial charge in [0.1, 0.15) is 12.4 Å². The van der Waals surface area contributed by atoms with Gasteiger partial charge in [0.25, 0.3) is 0 Å². The first-order valence-corrected chi connectivity index (χ1v) is 6.45. The number of methoxy groups -OCH3 is 1. The van der Waals surface area contributed by atoms with E-state index in [2.05, 4.69) is 21.1 Å². The third kappa shape index (κ3) is 5.46. The van der Waals surface area contributed by atoms with Crippen LogP contribution in [0.2, 0.25) is 0 Å². The van der Waals surface area contributed by atoms with Gasteiger partial charge in [0, 0.05) is 11.6 Å². The summed E-state index contributed by atoms with van der Waals surface area (Å²) in [4.78, 5) is 0. The van der Waals surface area contributed by atoms with Gasteiger partial charge in [0.15, 0.2) is 5.84 Å². The summed E-state index contributed by atoms with van der Waals surface area (Å²) in [7, 11) is 1.62. The molecule has 0 atom stereocenters. The number of ether oxygens (including phenoxy) is 3. The molecule has 0 amide bonds. The lowest BCUT2D eigenvalue weighted by atomic mass is 10.2. The van der Waals surface area contributed by atoms with Crippen molar-refractivity contribution in [2.75, 3.05) is 33.5 Å². The highest BCUT2D eigenvalue weighted by molar-refractivity contribution is 9.10.